The summed E-state index contributed by atoms with van der Waals surface area (Å²) in [5.74, 6) is -3.98. The normalized spacial score (nSPS) is 29.9. The molecular weight excluding hydrogens is 654 g/mol. The number of aromatic hydroxyl groups is 1. The summed E-state index contributed by atoms with van der Waals surface area (Å²) in [4.78, 5) is 62.9. The van der Waals surface area contributed by atoms with Crippen LogP contribution in [0.5, 0.6) is 11.5 Å². The van der Waals surface area contributed by atoms with E-state index in [2.05, 4.69) is 17.0 Å². The Labute approximate surface area is 296 Å². The van der Waals surface area contributed by atoms with Gasteiger partial charge in [0.05, 0.1) is 41.0 Å². The predicted molar refractivity (Wildman–Crippen MR) is 187 cm³/mol. The Morgan fingerprint density at radius 3 is 2.26 bits per heavy atom. The monoisotopic (exact) mass is 693 g/mol. The summed E-state index contributed by atoms with van der Waals surface area (Å²) in [7, 11) is 1.43. The number of phenolic OH excluding ortho intramolecular Hbond substituents is 1. The molecule has 9 nitrogen and oxygen atoms in total. The second-order valence-corrected chi connectivity index (χ2v) is 15.0. The summed E-state index contributed by atoms with van der Waals surface area (Å²) < 4.78 is 5.47. The maximum Gasteiger partial charge on any atom is 0.241 e. The summed E-state index contributed by atoms with van der Waals surface area (Å²) in [5, 5.41) is 10.7. The van der Waals surface area contributed by atoms with Crippen LogP contribution in [0.1, 0.15) is 49.7 Å². The molecule has 0 bridgehead atoms. The predicted octanol–water partition coefficient (Wildman–Crippen LogP) is 5.95. The Hall–Kier alpha value is -4.47. The second kappa shape index (κ2) is 12.4. The molecule has 3 aromatic rings. The summed E-state index contributed by atoms with van der Waals surface area (Å²) in [5.41, 5.74) is 1.99. The molecule has 3 aliphatic heterocycles. The fourth-order valence-corrected chi connectivity index (χ4v) is 9.92. The van der Waals surface area contributed by atoms with Crippen molar-refractivity contribution in [3.63, 3.8) is 0 Å². The first kappa shape index (κ1) is 32.7. The number of rotatable bonds is 6. The lowest BCUT2D eigenvalue weighted by Crippen LogP contribution is -2.49. The molecule has 3 saturated heterocycles. The van der Waals surface area contributed by atoms with E-state index in [1.807, 2.05) is 37.3 Å². The van der Waals surface area contributed by atoms with E-state index in [4.69, 9.17) is 16.3 Å². The minimum atomic E-state index is -1.22. The van der Waals surface area contributed by atoms with Gasteiger partial charge >= 0.3 is 0 Å². The lowest BCUT2D eigenvalue weighted by molar-refractivity contribution is -0.144. The van der Waals surface area contributed by atoms with Crippen LogP contribution in [0.4, 0.5) is 5.69 Å². The van der Waals surface area contributed by atoms with Crippen LogP contribution < -0.4 is 9.64 Å². The maximum absolute atomic E-state index is 14.6. The third-order valence-corrected chi connectivity index (χ3v) is 12.4. The lowest BCUT2D eigenvalue weighted by atomic mass is 9.51. The standard InChI is InChI=1S/C40H40ClN3O6/c1-40-30(37(47)44(39(40)49)25-11-7-4-8-12-25)21-29-27(34(40)24-19-31(41)35(45)32(20-24)50-2)13-14-28-33(29)38(48)43(36(28)46)26-15-17-42(18-16-26)22-23-9-5-3-6-10-23/h3-13,19-20,26,28-30,33-34,45H,14-18,21-22H2,1-2H3. The molecule has 6 atom stereocenters. The fourth-order valence-electron chi connectivity index (χ4n) is 9.70. The number of hydrogen-bond acceptors (Lipinski definition) is 7. The zero-order chi connectivity index (χ0) is 34.9. The largest absolute Gasteiger partial charge is 0.503 e. The van der Waals surface area contributed by atoms with Gasteiger partial charge in [-0.2, -0.15) is 0 Å². The van der Waals surface area contributed by atoms with Crippen LogP contribution in [0.25, 0.3) is 0 Å². The zero-order valence-electron chi connectivity index (χ0n) is 28.1. The summed E-state index contributed by atoms with van der Waals surface area (Å²) in [6.45, 7) is 4.24. The fraction of sp³-hybridized carbons (Fsp3) is 0.400. The molecule has 0 aromatic heterocycles. The number of phenols is 1. The van der Waals surface area contributed by atoms with Crippen molar-refractivity contribution >= 4 is 40.9 Å². The Morgan fingerprint density at radius 1 is 0.900 bits per heavy atom. The van der Waals surface area contributed by atoms with Gasteiger partial charge in [0.1, 0.15) is 0 Å². The van der Waals surface area contributed by atoms with Gasteiger partial charge in [-0.3, -0.25) is 29.0 Å². The summed E-state index contributed by atoms with van der Waals surface area (Å²) in [6.07, 6.45) is 4.10. The summed E-state index contributed by atoms with van der Waals surface area (Å²) in [6, 6.07) is 22.3. The molecule has 0 radical (unpaired) electrons. The third-order valence-electron chi connectivity index (χ3n) is 12.1. The van der Waals surface area contributed by atoms with Crippen molar-refractivity contribution in [2.75, 3.05) is 25.1 Å². The van der Waals surface area contributed by atoms with Gasteiger partial charge in [-0.05, 0) is 73.9 Å². The molecule has 6 unspecified atom stereocenters. The van der Waals surface area contributed by atoms with Crippen LogP contribution >= 0.6 is 11.6 Å². The number of nitrogens with zero attached hydrogens (tertiary/aromatic N) is 3. The van der Waals surface area contributed by atoms with Gasteiger partial charge < -0.3 is 9.84 Å². The van der Waals surface area contributed by atoms with Crippen molar-refractivity contribution < 1.29 is 29.0 Å². The van der Waals surface area contributed by atoms with Crippen molar-refractivity contribution in [3.8, 4) is 11.5 Å². The molecule has 4 amide bonds. The van der Waals surface area contributed by atoms with Crippen molar-refractivity contribution in [1.82, 2.24) is 9.80 Å². The molecule has 10 heteroatoms. The number of anilines is 1. The number of para-hydroxylation sites is 1. The zero-order valence-corrected chi connectivity index (χ0v) is 28.9. The first-order chi connectivity index (χ1) is 24.1. The number of fused-ring (bicyclic) bond motifs is 4. The van der Waals surface area contributed by atoms with E-state index in [9.17, 15) is 24.3 Å². The van der Waals surface area contributed by atoms with Gasteiger partial charge in [-0.15, -0.1) is 0 Å². The number of methoxy groups -OCH3 is 1. The number of allylic oxidation sites excluding steroid dienone is 2. The van der Waals surface area contributed by atoms with E-state index in [1.54, 1.807) is 41.3 Å². The Kier molecular flexibility index (Phi) is 8.11. The highest BCUT2D eigenvalue weighted by atomic mass is 35.5. The molecule has 4 fully saturated rings. The lowest BCUT2D eigenvalue weighted by Gasteiger charge is -2.49. The van der Waals surface area contributed by atoms with Crippen molar-refractivity contribution in [1.29, 1.82) is 0 Å². The maximum atomic E-state index is 14.6. The molecule has 3 heterocycles. The Bertz CT molecular complexity index is 1910. The average Bonchev–Trinajstić information content (AvgIpc) is 3.50. The molecule has 3 aromatic carbocycles. The van der Waals surface area contributed by atoms with E-state index in [-0.39, 0.29) is 52.6 Å². The highest BCUT2D eigenvalue weighted by molar-refractivity contribution is 6.32. The first-order valence-electron chi connectivity index (χ1n) is 17.5. The molecule has 2 aliphatic carbocycles. The van der Waals surface area contributed by atoms with Crippen LogP contribution in [-0.4, -0.2) is 64.8 Å². The van der Waals surface area contributed by atoms with E-state index in [1.165, 1.54) is 17.6 Å². The molecule has 8 rings (SSSR count). The van der Waals surface area contributed by atoms with Gasteiger partial charge in [-0.1, -0.05) is 71.8 Å². The molecular formula is C40H40ClN3O6. The number of ether oxygens (including phenoxy) is 1. The van der Waals surface area contributed by atoms with Gasteiger partial charge in [0.25, 0.3) is 0 Å². The molecule has 258 valence electrons. The first-order valence-corrected chi connectivity index (χ1v) is 17.8. The highest BCUT2D eigenvalue weighted by Gasteiger charge is 2.68. The Balaban J connectivity index is 1.14. The van der Waals surface area contributed by atoms with Gasteiger partial charge in [0.2, 0.25) is 23.6 Å². The SMILES string of the molecule is COc1cc(C2C3=CCC4C(=O)N(C5CCN(Cc6ccccc6)CC5)C(=O)C4C3CC3C(=O)N(c4ccccc4)C(=O)C32C)cc(Cl)c1O. The summed E-state index contributed by atoms with van der Waals surface area (Å²) >= 11 is 6.54. The van der Waals surface area contributed by atoms with Gasteiger partial charge in [0, 0.05) is 31.6 Å². The molecule has 1 saturated carbocycles. The van der Waals surface area contributed by atoms with E-state index in [0.717, 1.165) is 25.2 Å². The average molecular weight is 694 g/mol. The minimum Gasteiger partial charge on any atom is -0.503 e. The third kappa shape index (κ3) is 4.92. The Morgan fingerprint density at radius 2 is 1.58 bits per heavy atom. The minimum absolute atomic E-state index is 0.0597. The van der Waals surface area contributed by atoms with Crippen molar-refractivity contribution in [3.05, 3.63) is 101 Å². The number of halogens is 1. The van der Waals surface area contributed by atoms with Crippen LogP contribution in [0.2, 0.25) is 5.02 Å². The van der Waals surface area contributed by atoms with Crippen LogP contribution in [0.3, 0.4) is 0 Å². The van der Waals surface area contributed by atoms with Crippen LogP contribution in [0, 0.1) is 29.1 Å². The number of carbonyl (C=O) groups is 4. The van der Waals surface area contributed by atoms with E-state index < -0.39 is 35.0 Å². The molecule has 0 spiro atoms. The second-order valence-electron chi connectivity index (χ2n) is 14.6. The number of likely N-dealkylation sites (tertiary alicyclic amines) is 2. The number of carbonyl (C=O) groups excluding carboxylic acids is 4. The van der Waals surface area contributed by atoms with Gasteiger partial charge in [-0.25, -0.2) is 4.90 Å². The topological polar surface area (TPSA) is 107 Å². The van der Waals surface area contributed by atoms with Crippen LogP contribution in [-0.2, 0) is 25.7 Å². The number of benzene rings is 3. The number of amides is 4. The molecule has 50 heavy (non-hydrogen) atoms. The number of piperidine rings is 1. The van der Waals surface area contributed by atoms with Crippen molar-refractivity contribution in [2.45, 2.75) is 51.1 Å². The number of imide groups is 2. The number of hydrogen-bond donors (Lipinski definition) is 1. The van der Waals surface area contributed by atoms with Gasteiger partial charge in [0.15, 0.2) is 11.5 Å². The molecule has 1 N–H and O–H groups in total. The smallest absolute Gasteiger partial charge is 0.241 e. The van der Waals surface area contributed by atoms with Crippen molar-refractivity contribution in [2.24, 2.45) is 29.1 Å². The molecule has 5 aliphatic rings. The highest BCUT2D eigenvalue weighted by Crippen LogP contribution is 2.64. The van der Waals surface area contributed by atoms with Crippen LogP contribution in [0.15, 0.2) is 84.4 Å². The quantitative estimate of drug-likeness (QED) is 0.251. The van der Waals surface area contributed by atoms with E-state index >= 15 is 0 Å². The van der Waals surface area contributed by atoms with E-state index in [0.29, 0.717) is 30.5 Å².